The number of hydrogen-bond donors (Lipinski definition) is 3. The van der Waals surface area contributed by atoms with Crippen LogP contribution >= 0.6 is 0 Å². The predicted molar refractivity (Wildman–Crippen MR) is 53.3 cm³/mol. The summed E-state index contributed by atoms with van der Waals surface area (Å²) in [7, 11) is 0. The number of benzene rings is 1. The summed E-state index contributed by atoms with van der Waals surface area (Å²) in [6.45, 7) is 0.0934. The Labute approximate surface area is 87.5 Å². The molecule has 0 atom stereocenters. The maximum atomic E-state index is 9.38. The van der Waals surface area contributed by atoms with E-state index in [4.69, 9.17) is 19.7 Å². The van der Waals surface area contributed by atoms with Crippen LogP contribution in [0.5, 0.6) is 17.2 Å². The van der Waals surface area contributed by atoms with Crippen LogP contribution in [0.4, 0.5) is 0 Å². The molecule has 0 aliphatic rings. The highest BCUT2D eigenvalue weighted by molar-refractivity contribution is 5.44. The molecule has 0 saturated carbocycles. The summed E-state index contributed by atoms with van der Waals surface area (Å²) in [6.07, 6.45) is 0. The normalized spacial score (nSPS) is 10.0. The lowest BCUT2D eigenvalue weighted by Crippen LogP contribution is -2.04. The van der Waals surface area contributed by atoms with Crippen molar-refractivity contribution in [1.82, 2.24) is 0 Å². The van der Waals surface area contributed by atoms with E-state index in [1.807, 2.05) is 0 Å². The van der Waals surface area contributed by atoms with Crippen molar-refractivity contribution in [2.24, 2.45) is 0 Å². The van der Waals surface area contributed by atoms with E-state index in [0.717, 1.165) is 0 Å². The molecule has 0 aliphatic heterocycles. The third kappa shape index (κ3) is 3.65. The number of aromatic hydroxyl groups is 1. The van der Waals surface area contributed by atoms with Gasteiger partial charge in [0.05, 0.1) is 13.2 Å². The number of phenols is 1. The van der Waals surface area contributed by atoms with Gasteiger partial charge >= 0.3 is 0 Å². The molecule has 0 unspecified atom stereocenters. The van der Waals surface area contributed by atoms with E-state index in [2.05, 4.69) is 0 Å². The van der Waals surface area contributed by atoms with Crippen LogP contribution < -0.4 is 9.47 Å². The minimum absolute atomic E-state index is 0.0141. The summed E-state index contributed by atoms with van der Waals surface area (Å²) in [5.74, 6) is 0.731. The van der Waals surface area contributed by atoms with Crippen molar-refractivity contribution in [3.8, 4) is 17.2 Å². The number of aliphatic hydroxyl groups excluding tert-OH is 2. The monoisotopic (exact) mass is 214 g/mol. The summed E-state index contributed by atoms with van der Waals surface area (Å²) >= 11 is 0. The molecule has 15 heavy (non-hydrogen) atoms. The molecule has 0 amide bonds. The highest BCUT2D eigenvalue weighted by Crippen LogP contribution is 2.30. The molecule has 1 rings (SSSR count). The van der Waals surface area contributed by atoms with Crippen molar-refractivity contribution in [3.63, 3.8) is 0 Å². The summed E-state index contributed by atoms with van der Waals surface area (Å²) < 4.78 is 10.2. The summed E-state index contributed by atoms with van der Waals surface area (Å²) in [4.78, 5) is 0. The molecule has 3 N–H and O–H groups in total. The van der Waals surface area contributed by atoms with Crippen LogP contribution in [0.25, 0.3) is 0 Å². The minimum Gasteiger partial charge on any atom is -0.504 e. The molecular weight excluding hydrogens is 200 g/mol. The molecule has 1 aromatic rings. The Morgan fingerprint density at radius 3 is 2.33 bits per heavy atom. The third-order valence-corrected chi connectivity index (χ3v) is 1.64. The molecule has 0 saturated heterocycles. The van der Waals surface area contributed by atoms with Crippen molar-refractivity contribution < 1.29 is 24.8 Å². The van der Waals surface area contributed by atoms with E-state index in [1.165, 1.54) is 12.1 Å². The van der Waals surface area contributed by atoms with E-state index in [9.17, 15) is 5.11 Å². The number of aliphatic hydroxyl groups is 2. The van der Waals surface area contributed by atoms with Gasteiger partial charge in [-0.2, -0.15) is 0 Å². The van der Waals surface area contributed by atoms with Gasteiger partial charge in [-0.05, 0) is 12.1 Å². The van der Waals surface area contributed by atoms with Crippen LogP contribution in [0.1, 0.15) is 0 Å². The van der Waals surface area contributed by atoms with Gasteiger partial charge in [-0.3, -0.25) is 0 Å². The standard InChI is InChI=1S/C10H14O5/c11-3-5-14-8-1-2-9(13)10(7-8)15-6-4-12/h1-2,7,11-13H,3-6H2. The highest BCUT2D eigenvalue weighted by Gasteiger charge is 2.04. The maximum absolute atomic E-state index is 9.38. The lowest BCUT2D eigenvalue weighted by molar-refractivity contribution is 0.191. The van der Waals surface area contributed by atoms with E-state index >= 15 is 0 Å². The van der Waals surface area contributed by atoms with Crippen molar-refractivity contribution >= 4 is 0 Å². The van der Waals surface area contributed by atoms with Crippen LogP contribution in [0.2, 0.25) is 0 Å². The van der Waals surface area contributed by atoms with Gasteiger partial charge < -0.3 is 24.8 Å². The Morgan fingerprint density at radius 1 is 1.00 bits per heavy atom. The fourth-order valence-electron chi connectivity index (χ4n) is 1.02. The van der Waals surface area contributed by atoms with Gasteiger partial charge in [0, 0.05) is 6.07 Å². The maximum Gasteiger partial charge on any atom is 0.164 e. The van der Waals surface area contributed by atoms with Crippen LogP contribution in [0, 0.1) is 0 Å². The van der Waals surface area contributed by atoms with Crippen molar-refractivity contribution in [1.29, 1.82) is 0 Å². The molecule has 84 valence electrons. The van der Waals surface area contributed by atoms with Crippen LogP contribution in [0.15, 0.2) is 18.2 Å². The summed E-state index contributed by atoms with van der Waals surface area (Å²) in [6, 6.07) is 4.50. The van der Waals surface area contributed by atoms with Gasteiger partial charge in [0.1, 0.15) is 19.0 Å². The Morgan fingerprint density at radius 2 is 1.67 bits per heavy atom. The van der Waals surface area contributed by atoms with E-state index in [1.54, 1.807) is 6.07 Å². The van der Waals surface area contributed by atoms with Gasteiger partial charge in [-0.1, -0.05) is 0 Å². The van der Waals surface area contributed by atoms with Crippen LogP contribution in [-0.2, 0) is 0 Å². The zero-order valence-corrected chi connectivity index (χ0v) is 8.22. The van der Waals surface area contributed by atoms with E-state index in [0.29, 0.717) is 5.75 Å². The number of rotatable bonds is 6. The first-order valence-electron chi connectivity index (χ1n) is 4.58. The Bertz CT molecular complexity index is 300. The molecule has 5 heteroatoms. The molecule has 0 aliphatic carbocycles. The molecule has 0 bridgehead atoms. The van der Waals surface area contributed by atoms with Gasteiger partial charge in [0.2, 0.25) is 0 Å². The average molecular weight is 214 g/mol. The second-order valence-electron chi connectivity index (χ2n) is 2.77. The average Bonchev–Trinajstić information content (AvgIpc) is 2.26. The Hall–Kier alpha value is -1.46. The van der Waals surface area contributed by atoms with Crippen molar-refractivity contribution in [2.45, 2.75) is 0 Å². The third-order valence-electron chi connectivity index (χ3n) is 1.64. The number of hydrogen-bond acceptors (Lipinski definition) is 5. The Kier molecular flexibility index (Phi) is 4.73. The van der Waals surface area contributed by atoms with Gasteiger partial charge in [-0.15, -0.1) is 0 Å². The molecule has 0 aromatic heterocycles. The highest BCUT2D eigenvalue weighted by atomic mass is 16.5. The molecular formula is C10H14O5. The first kappa shape index (κ1) is 11.6. The first-order chi connectivity index (χ1) is 7.27. The number of phenolic OH excluding ortho intramolecular Hbond substituents is 1. The molecule has 0 spiro atoms. The molecule has 1 aromatic carbocycles. The summed E-state index contributed by atoms with van der Waals surface area (Å²) in [5.41, 5.74) is 0. The summed E-state index contributed by atoms with van der Waals surface area (Å²) in [5, 5.41) is 26.5. The smallest absolute Gasteiger partial charge is 0.164 e. The largest absolute Gasteiger partial charge is 0.504 e. The SMILES string of the molecule is OCCOc1ccc(O)c(OCCO)c1. The fourth-order valence-corrected chi connectivity index (χ4v) is 1.02. The van der Waals surface area contributed by atoms with Gasteiger partial charge in [0.25, 0.3) is 0 Å². The predicted octanol–water partition coefficient (Wildman–Crippen LogP) is 0.134. The number of ether oxygens (including phenoxy) is 2. The molecule has 0 radical (unpaired) electrons. The quantitative estimate of drug-likeness (QED) is 0.627. The van der Waals surface area contributed by atoms with Crippen molar-refractivity contribution in [3.05, 3.63) is 18.2 Å². The van der Waals surface area contributed by atoms with Gasteiger partial charge in [-0.25, -0.2) is 0 Å². The van der Waals surface area contributed by atoms with E-state index in [-0.39, 0.29) is 37.9 Å². The first-order valence-corrected chi connectivity index (χ1v) is 4.58. The Balaban J connectivity index is 2.66. The topological polar surface area (TPSA) is 79.2 Å². The second-order valence-corrected chi connectivity index (χ2v) is 2.77. The fraction of sp³-hybridized carbons (Fsp3) is 0.400. The van der Waals surface area contributed by atoms with Crippen LogP contribution in [0.3, 0.4) is 0 Å². The molecule has 5 nitrogen and oxygen atoms in total. The minimum atomic E-state index is -0.124. The van der Waals surface area contributed by atoms with Gasteiger partial charge in [0.15, 0.2) is 11.5 Å². The van der Waals surface area contributed by atoms with Crippen LogP contribution in [-0.4, -0.2) is 41.7 Å². The zero-order chi connectivity index (χ0) is 11.1. The lowest BCUT2D eigenvalue weighted by Gasteiger charge is -2.09. The molecule has 0 heterocycles. The second kappa shape index (κ2) is 6.10. The zero-order valence-electron chi connectivity index (χ0n) is 8.22. The van der Waals surface area contributed by atoms with E-state index < -0.39 is 0 Å². The molecule has 0 fully saturated rings. The lowest BCUT2D eigenvalue weighted by atomic mass is 10.3. The van der Waals surface area contributed by atoms with Crippen molar-refractivity contribution in [2.75, 3.05) is 26.4 Å².